The number of aryl methyl sites for hydroxylation is 1. The number of thiophene rings is 1. The molecule has 0 saturated carbocycles. The van der Waals surface area contributed by atoms with Gasteiger partial charge in [0.1, 0.15) is 4.88 Å². The minimum absolute atomic E-state index is 0.157. The second kappa shape index (κ2) is 4.95. The fraction of sp³-hybridized carbons (Fsp3) is 0.0909. The first-order valence-corrected chi connectivity index (χ1v) is 6.48. The number of aromatic carboxylic acids is 1. The summed E-state index contributed by atoms with van der Waals surface area (Å²) >= 11 is 4.11. The molecule has 2 aromatic heterocycles. The first-order valence-electron chi connectivity index (χ1n) is 4.88. The highest BCUT2D eigenvalue weighted by Gasteiger charge is 2.16. The van der Waals surface area contributed by atoms with Crippen LogP contribution < -0.4 is 5.32 Å². The zero-order valence-corrected chi connectivity index (χ0v) is 11.6. The van der Waals surface area contributed by atoms with Crippen LogP contribution in [0.3, 0.4) is 0 Å². The number of amides is 1. The van der Waals surface area contributed by atoms with Crippen molar-refractivity contribution in [2.45, 2.75) is 6.92 Å². The number of carbonyl (C=O) groups is 2. The fourth-order valence-corrected chi connectivity index (χ4v) is 2.58. The molecule has 2 aromatic rings. The van der Waals surface area contributed by atoms with Crippen LogP contribution in [0.15, 0.2) is 27.3 Å². The molecule has 0 aliphatic carbocycles. The first kappa shape index (κ1) is 12.8. The Hall–Kier alpha value is -1.60. The van der Waals surface area contributed by atoms with Crippen molar-refractivity contribution in [3.05, 3.63) is 39.1 Å². The molecule has 18 heavy (non-hydrogen) atoms. The lowest BCUT2D eigenvalue weighted by Gasteiger charge is -1.97. The van der Waals surface area contributed by atoms with E-state index in [1.165, 1.54) is 6.07 Å². The zero-order valence-electron chi connectivity index (χ0n) is 9.19. The summed E-state index contributed by atoms with van der Waals surface area (Å²) in [5, 5.41) is 12.0. The SMILES string of the molecule is Cc1cc(NC(=O)c2ccc(Br)o2)sc1C(=O)O. The molecule has 1 amide bonds. The van der Waals surface area contributed by atoms with Gasteiger partial charge in [-0.05, 0) is 46.6 Å². The molecule has 0 saturated heterocycles. The molecular weight excluding hydrogens is 322 g/mol. The van der Waals surface area contributed by atoms with E-state index in [0.717, 1.165) is 11.3 Å². The molecule has 0 unspecified atom stereocenters. The molecule has 2 rings (SSSR count). The molecule has 0 atom stereocenters. The number of carbonyl (C=O) groups excluding carboxylic acids is 1. The highest BCUT2D eigenvalue weighted by atomic mass is 79.9. The molecule has 2 N–H and O–H groups in total. The second-order valence-corrected chi connectivity index (χ2v) is 5.32. The lowest BCUT2D eigenvalue weighted by molar-refractivity contribution is 0.0701. The number of carboxylic acids is 1. The normalized spacial score (nSPS) is 10.3. The number of hydrogen-bond donors (Lipinski definition) is 2. The van der Waals surface area contributed by atoms with Gasteiger partial charge in [-0.2, -0.15) is 0 Å². The second-order valence-electron chi connectivity index (χ2n) is 3.49. The van der Waals surface area contributed by atoms with E-state index in [0.29, 0.717) is 15.2 Å². The summed E-state index contributed by atoms with van der Waals surface area (Å²) in [5.41, 5.74) is 0.614. The van der Waals surface area contributed by atoms with E-state index in [1.54, 1.807) is 19.1 Å². The molecule has 7 heteroatoms. The van der Waals surface area contributed by atoms with Crippen molar-refractivity contribution in [3.8, 4) is 0 Å². The van der Waals surface area contributed by atoms with Crippen molar-refractivity contribution in [2.75, 3.05) is 5.32 Å². The van der Waals surface area contributed by atoms with Crippen LogP contribution in [0, 0.1) is 6.92 Å². The molecule has 0 aromatic carbocycles. The summed E-state index contributed by atoms with van der Waals surface area (Å²) in [6.45, 7) is 1.68. The highest BCUT2D eigenvalue weighted by molar-refractivity contribution is 9.10. The Bertz CT molecular complexity index is 616. The summed E-state index contributed by atoms with van der Waals surface area (Å²) in [6.07, 6.45) is 0. The van der Waals surface area contributed by atoms with Gasteiger partial charge in [-0.15, -0.1) is 11.3 Å². The smallest absolute Gasteiger partial charge is 0.346 e. The predicted molar refractivity (Wildman–Crippen MR) is 70.4 cm³/mol. The van der Waals surface area contributed by atoms with Gasteiger partial charge in [0, 0.05) is 0 Å². The van der Waals surface area contributed by atoms with Crippen LogP contribution in [0.4, 0.5) is 5.00 Å². The van der Waals surface area contributed by atoms with Crippen molar-refractivity contribution in [3.63, 3.8) is 0 Å². The lowest BCUT2D eigenvalue weighted by Crippen LogP contribution is -2.09. The monoisotopic (exact) mass is 329 g/mol. The average molecular weight is 330 g/mol. The van der Waals surface area contributed by atoms with E-state index in [2.05, 4.69) is 21.2 Å². The summed E-state index contributed by atoms with van der Waals surface area (Å²) in [7, 11) is 0. The van der Waals surface area contributed by atoms with E-state index in [4.69, 9.17) is 9.52 Å². The maximum atomic E-state index is 11.8. The van der Waals surface area contributed by atoms with Gasteiger partial charge in [0.25, 0.3) is 5.91 Å². The third kappa shape index (κ3) is 2.62. The maximum absolute atomic E-state index is 11.8. The number of nitrogens with one attached hydrogen (secondary N) is 1. The van der Waals surface area contributed by atoms with Crippen molar-refractivity contribution in [1.29, 1.82) is 0 Å². The van der Waals surface area contributed by atoms with E-state index in [1.807, 2.05) is 0 Å². The molecule has 0 fully saturated rings. The Morgan fingerprint density at radius 1 is 1.44 bits per heavy atom. The van der Waals surface area contributed by atoms with E-state index in [-0.39, 0.29) is 10.6 Å². The average Bonchev–Trinajstić information content (AvgIpc) is 2.85. The van der Waals surface area contributed by atoms with Gasteiger partial charge in [-0.3, -0.25) is 4.79 Å². The third-order valence-electron chi connectivity index (χ3n) is 2.15. The Morgan fingerprint density at radius 2 is 2.17 bits per heavy atom. The van der Waals surface area contributed by atoms with Crippen molar-refractivity contribution < 1.29 is 19.1 Å². The van der Waals surface area contributed by atoms with Gasteiger partial charge in [0.05, 0.1) is 5.00 Å². The van der Waals surface area contributed by atoms with Crippen LogP contribution in [0.5, 0.6) is 0 Å². The van der Waals surface area contributed by atoms with Crippen LogP contribution >= 0.6 is 27.3 Å². The molecule has 0 aliphatic rings. The molecule has 2 heterocycles. The summed E-state index contributed by atoms with van der Waals surface area (Å²) in [5.74, 6) is -1.26. The molecule has 0 bridgehead atoms. The van der Waals surface area contributed by atoms with Gasteiger partial charge in [0.15, 0.2) is 10.4 Å². The van der Waals surface area contributed by atoms with Gasteiger partial charge < -0.3 is 14.8 Å². The third-order valence-corrected chi connectivity index (χ3v) is 3.71. The highest BCUT2D eigenvalue weighted by Crippen LogP contribution is 2.27. The number of rotatable bonds is 3. The van der Waals surface area contributed by atoms with Crippen LogP contribution in [0.2, 0.25) is 0 Å². The number of carboxylic acid groups (broad SMARTS) is 1. The van der Waals surface area contributed by atoms with Crippen molar-refractivity contribution in [1.82, 2.24) is 0 Å². The molecule has 0 radical (unpaired) electrons. The molecule has 94 valence electrons. The first-order chi connectivity index (χ1) is 8.47. The predicted octanol–water partition coefficient (Wildman–Crippen LogP) is 3.36. The largest absolute Gasteiger partial charge is 0.477 e. The number of halogens is 1. The van der Waals surface area contributed by atoms with Crippen molar-refractivity contribution in [2.24, 2.45) is 0 Å². The lowest BCUT2D eigenvalue weighted by atomic mass is 10.3. The zero-order chi connectivity index (χ0) is 13.3. The van der Waals surface area contributed by atoms with Crippen LogP contribution in [0.1, 0.15) is 25.8 Å². The van der Waals surface area contributed by atoms with Gasteiger partial charge in [-0.1, -0.05) is 0 Å². The van der Waals surface area contributed by atoms with E-state index in [9.17, 15) is 9.59 Å². The minimum Gasteiger partial charge on any atom is -0.477 e. The Kier molecular flexibility index (Phi) is 3.53. The van der Waals surface area contributed by atoms with Crippen LogP contribution in [0.25, 0.3) is 0 Å². The van der Waals surface area contributed by atoms with Crippen molar-refractivity contribution >= 4 is 44.1 Å². The molecule has 0 spiro atoms. The van der Waals surface area contributed by atoms with E-state index < -0.39 is 11.9 Å². The summed E-state index contributed by atoms with van der Waals surface area (Å²) < 4.78 is 5.55. The standard InChI is InChI=1S/C11H8BrNO4S/c1-5-4-8(18-9(5)11(15)16)13-10(14)6-2-3-7(12)17-6/h2-4H,1H3,(H,13,14)(H,15,16). The Labute approximate surface area is 115 Å². The maximum Gasteiger partial charge on any atom is 0.346 e. The van der Waals surface area contributed by atoms with Gasteiger partial charge in [-0.25, -0.2) is 4.79 Å². The minimum atomic E-state index is -1.00. The van der Waals surface area contributed by atoms with Crippen LogP contribution in [-0.2, 0) is 0 Å². The summed E-state index contributed by atoms with van der Waals surface area (Å²) in [6, 6.07) is 4.75. The molecule has 5 nitrogen and oxygen atoms in total. The quantitative estimate of drug-likeness (QED) is 0.904. The summed E-state index contributed by atoms with van der Waals surface area (Å²) in [4.78, 5) is 22.8. The van der Waals surface area contributed by atoms with E-state index >= 15 is 0 Å². The molecular formula is C11H8BrNO4S. The number of anilines is 1. The fourth-order valence-electron chi connectivity index (χ4n) is 1.37. The number of furan rings is 1. The van der Waals surface area contributed by atoms with Gasteiger partial charge in [0.2, 0.25) is 0 Å². The topological polar surface area (TPSA) is 79.5 Å². The Balaban J connectivity index is 2.17. The van der Waals surface area contributed by atoms with Gasteiger partial charge >= 0.3 is 5.97 Å². The molecule has 0 aliphatic heterocycles. The number of hydrogen-bond acceptors (Lipinski definition) is 4. The Morgan fingerprint density at radius 3 is 2.67 bits per heavy atom. The van der Waals surface area contributed by atoms with Crippen LogP contribution in [-0.4, -0.2) is 17.0 Å².